The van der Waals surface area contributed by atoms with Gasteiger partial charge in [0.05, 0.1) is 25.0 Å². The van der Waals surface area contributed by atoms with Crippen molar-refractivity contribution in [1.82, 2.24) is 0 Å². The van der Waals surface area contributed by atoms with Crippen molar-refractivity contribution >= 4 is 26.6 Å². The van der Waals surface area contributed by atoms with Gasteiger partial charge in [-0.25, -0.2) is 4.79 Å². The third kappa shape index (κ3) is 6.27. The quantitative estimate of drug-likeness (QED) is 0.101. The Labute approximate surface area is 225 Å². The summed E-state index contributed by atoms with van der Waals surface area (Å²) >= 11 is 0. The monoisotopic (exact) mass is 551 g/mol. The minimum absolute atomic E-state index is 0.122. The summed E-state index contributed by atoms with van der Waals surface area (Å²) in [6.45, 7) is 7.16. The van der Waals surface area contributed by atoms with Crippen LogP contribution in [0.4, 0.5) is 4.79 Å². The van der Waals surface area contributed by atoms with Crippen molar-refractivity contribution in [1.29, 1.82) is 0 Å². The lowest BCUT2D eigenvalue weighted by Crippen LogP contribution is -2.26. The molecule has 198 valence electrons. The molecule has 0 fully saturated rings. The zero-order chi connectivity index (χ0) is 27.4. The third-order valence-corrected chi connectivity index (χ3v) is 10.9. The molecule has 0 atom stereocenters. The molecule has 4 aromatic rings. The van der Waals surface area contributed by atoms with Gasteiger partial charge in [0.2, 0.25) is 0 Å². The number of benzene rings is 4. The normalized spacial score (nSPS) is 12.5. The number of rotatable bonds is 7. The number of hydrogen-bond donors (Lipinski definition) is 0. The molecule has 0 unspecified atom stereocenters. The van der Waals surface area contributed by atoms with Gasteiger partial charge in [0, 0.05) is 0 Å². The van der Waals surface area contributed by atoms with E-state index in [0.717, 1.165) is 15.4 Å². The first kappa shape index (κ1) is 27.4. The van der Waals surface area contributed by atoms with E-state index in [-0.39, 0.29) is 10.6 Å². The lowest BCUT2D eigenvalue weighted by atomic mass is 10.2. The maximum Gasteiger partial charge on any atom is 0.514 e. The molecule has 0 amide bonds. The van der Waals surface area contributed by atoms with E-state index >= 15 is 0 Å². The largest absolute Gasteiger partial charge is 0.514 e. The Morgan fingerprint density at radius 1 is 0.658 bits per heavy atom. The fourth-order valence-electron chi connectivity index (χ4n) is 3.74. The summed E-state index contributed by atoms with van der Waals surface area (Å²) in [4.78, 5) is 14.5. The van der Waals surface area contributed by atoms with Crippen LogP contribution >= 0.6 is 10.3 Å². The molecule has 0 aliphatic carbocycles. The van der Waals surface area contributed by atoms with E-state index in [4.69, 9.17) is 13.1 Å². The summed E-state index contributed by atoms with van der Waals surface area (Å²) < 4.78 is 42.9. The zero-order valence-corrected chi connectivity index (χ0v) is 23.3. The molecule has 0 heterocycles. The summed E-state index contributed by atoms with van der Waals surface area (Å²) in [6, 6.07) is 32.2. The Balaban J connectivity index is 1.85. The number of aryl methyl sites for hydroxylation is 1. The van der Waals surface area contributed by atoms with E-state index in [2.05, 4.69) is 0 Å². The highest BCUT2D eigenvalue weighted by atomic mass is 32.3. The standard InChI is InChI=1S/C30H30O6S2/c1-23-15-19-28(20-16-23)38(32,33)36-37(25-11-7-5-8-12-25,26-13-9-6-10-14-26)27-21-17-24(18-22-27)34-29(31)35-30(2,3)4/h5-22H,1-4H3/p+1. The second kappa shape index (κ2) is 11.0. The summed E-state index contributed by atoms with van der Waals surface area (Å²) in [5.41, 5.74) is 0.259. The summed E-state index contributed by atoms with van der Waals surface area (Å²) in [5, 5.41) is 0. The molecule has 0 aliphatic heterocycles. The highest BCUT2D eigenvalue weighted by Gasteiger charge is 2.43. The highest BCUT2D eigenvalue weighted by Crippen LogP contribution is 2.68. The Bertz CT molecular complexity index is 1440. The molecule has 0 aliphatic rings. The van der Waals surface area contributed by atoms with E-state index in [1.54, 1.807) is 69.3 Å². The van der Waals surface area contributed by atoms with Crippen molar-refractivity contribution in [2.24, 2.45) is 0 Å². The van der Waals surface area contributed by atoms with Crippen LogP contribution in [0.2, 0.25) is 0 Å². The van der Waals surface area contributed by atoms with Crippen LogP contribution < -0.4 is 4.74 Å². The summed E-state index contributed by atoms with van der Waals surface area (Å²) in [5.74, 6) is 0.277. The van der Waals surface area contributed by atoms with Gasteiger partial charge in [-0.3, -0.25) is 3.63 Å². The molecule has 38 heavy (non-hydrogen) atoms. The molecular weight excluding hydrogens is 520 g/mol. The van der Waals surface area contributed by atoms with Crippen molar-refractivity contribution in [3.8, 4) is 5.75 Å². The fourth-order valence-corrected chi connectivity index (χ4v) is 9.23. The smallest absolute Gasteiger partial charge is 0.428 e. The van der Waals surface area contributed by atoms with Gasteiger partial charge < -0.3 is 9.47 Å². The summed E-state index contributed by atoms with van der Waals surface area (Å²) in [7, 11) is -6.73. The molecule has 4 rings (SSSR count). The van der Waals surface area contributed by atoms with Crippen LogP contribution in [0.3, 0.4) is 0 Å². The van der Waals surface area contributed by atoms with Crippen LogP contribution in [-0.4, -0.2) is 23.8 Å². The van der Waals surface area contributed by atoms with Crippen LogP contribution in [0, 0.1) is 6.92 Å². The van der Waals surface area contributed by atoms with E-state index in [9.17, 15) is 13.2 Å². The molecule has 1 N–H and O–H groups in total. The van der Waals surface area contributed by atoms with Crippen molar-refractivity contribution < 1.29 is 26.3 Å². The maximum absolute atomic E-state index is 13.8. The Hall–Kier alpha value is -3.59. The van der Waals surface area contributed by atoms with Gasteiger partial charge in [-0.2, -0.15) is 0 Å². The molecule has 0 saturated carbocycles. The van der Waals surface area contributed by atoms with Crippen LogP contribution in [0.5, 0.6) is 5.75 Å². The van der Waals surface area contributed by atoms with E-state index < -0.39 is 32.2 Å². The first-order valence-corrected chi connectivity index (χ1v) is 15.0. The van der Waals surface area contributed by atoms with Gasteiger partial charge in [0.1, 0.15) is 16.2 Å². The average molecular weight is 552 g/mol. The molecule has 0 spiro atoms. The first-order chi connectivity index (χ1) is 18.0. The number of ether oxygens (including phenoxy) is 2. The number of hydrogen-bond acceptors (Lipinski definition) is 5. The van der Waals surface area contributed by atoms with Crippen LogP contribution in [0.1, 0.15) is 26.3 Å². The topological polar surface area (TPSA) is 82.5 Å². The third-order valence-electron chi connectivity index (χ3n) is 5.45. The van der Waals surface area contributed by atoms with E-state index in [1.165, 1.54) is 0 Å². The van der Waals surface area contributed by atoms with Gasteiger partial charge in [-0.05, 0) is 88.4 Å². The Morgan fingerprint density at radius 2 is 1.11 bits per heavy atom. The molecule has 8 heteroatoms. The molecular formula is C30H31O6S2+. The SMILES string of the molecule is Cc1ccc(S(=O)(=O)[OH+]S(c2ccccc2)(c2ccccc2)c2ccc(OC(=O)OC(C)(C)C)cc2)cc1. The Kier molecular flexibility index (Phi) is 7.97. The van der Waals surface area contributed by atoms with Gasteiger partial charge in [0.15, 0.2) is 0 Å². The molecule has 0 saturated heterocycles. The molecule has 0 aromatic heterocycles. The van der Waals surface area contributed by atoms with Crippen molar-refractivity contribution in [3.05, 3.63) is 115 Å². The number of carbonyl (C=O) groups is 1. The van der Waals surface area contributed by atoms with Crippen LogP contribution in [-0.2, 0) is 14.9 Å². The van der Waals surface area contributed by atoms with Gasteiger partial charge in [-0.15, -0.1) is 8.42 Å². The summed E-state index contributed by atoms with van der Waals surface area (Å²) in [6.07, 6.45) is -0.818. The first-order valence-electron chi connectivity index (χ1n) is 12.0. The fraction of sp³-hybridized carbons (Fsp3) is 0.167. The van der Waals surface area contributed by atoms with Gasteiger partial charge in [-0.1, -0.05) is 54.1 Å². The van der Waals surface area contributed by atoms with E-state index in [1.807, 2.05) is 67.6 Å². The Morgan fingerprint density at radius 3 is 1.58 bits per heavy atom. The van der Waals surface area contributed by atoms with Crippen LogP contribution in [0.25, 0.3) is 0 Å². The number of carbonyl (C=O) groups excluding carboxylic acids is 1. The molecule has 0 radical (unpaired) electrons. The maximum atomic E-state index is 13.8. The second-order valence-electron chi connectivity index (χ2n) is 9.61. The van der Waals surface area contributed by atoms with E-state index in [0.29, 0.717) is 4.90 Å². The predicted octanol–water partition coefficient (Wildman–Crippen LogP) is 7.99. The van der Waals surface area contributed by atoms with Crippen molar-refractivity contribution in [2.45, 2.75) is 52.9 Å². The zero-order valence-electron chi connectivity index (χ0n) is 21.7. The molecule has 0 bridgehead atoms. The lowest BCUT2D eigenvalue weighted by molar-refractivity contribution is 0.0206. The van der Waals surface area contributed by atoms with Crippen molar-refractivity contribution in [2.75, 3.05) is 0 Å². The van der Waals surface area contributed by atoms with Gasteiger partial charge in [0.25, 0.3) is 0 Å². The highest BCUT2D eigenvalue weighted by molar-refractivity contribution is 8.32. The molecule has 4 aromatic carbocycles. The van der Waals surface area contributed by atoms with Crippen LogP contribution in [0.15, 0.2) is 129 Å². The average Bonchev–Trinajstić information content (AvgIpc) is 2.88. The second-order valence-corrected chi connectivity index (χ2v) is 14.2. The van der Waals surface area contributed by atoms with Gasteiger partial charge >= 0.3 is 16.3 Å². The molecule has 6 nitrogen and oxygen atoms in total. The lowest BCUT2D eigenvalue weighted by Gasteiger charge is -2.34. The minimum atomic E-state index is -4.07. The predicted molar refractivity (Wildman–Crippen MR) is 150 cm³/mol. The van der Waals surface area contributed by atoms with Crippen molar-refractivity contribution in [3.63, 3.8) is 0 Å². The minimum Gasteiger partial charge on any atom is -0.428 e.